The third-order valence-electron chi connectivity index (χ3n) is 3.85. The van der Waals surface area contributed by atoms with Crippen molar-refractivity contribution in [1.29, 1.82) is 0 Å². The summed E-state index contributed by atoms with van der Waals surface area (Å²) in [4.78, 5) is 18.3. The molecule has 2 N–H and O–H groups in total. The van der Waals surface area contributed by atoms with Gasteiger partial charge >= 0.3 is 0 Å². The Bertz CT molecular complexity index is 638. The molecule has 110 valence electrons. The van der Waals surface area contributed by atoms with E-state index in [0.717, 1.165) is 30.6 Å². The van der Waals surface area contributed by atoms with Crippen molar-refractivity contribution in [3.05, 3.63) is 42.0 Å². The van der Waals surface area contributed by atoms with Crippen molar-refractivity contribution in [1.82, 2.24) is 19.7 Å². The Morgan fingerprint density at radius 3 is 2.95 bits per heavy atom. The Hall–Kier alpha value is -2.21. The number of amides is 1. The Kier molecular flexibility index (Phi) is 3.70. The van der Waals surface area contributed by atoms with E-state index in [0.29, 0.717) is 12.1 Å². The number of carbonyl (C=O) groups excluding carboxylic acids is 1. The maximum Gasteiger partial charge on any atom is 0.253 e. The molecule has 2 heterocycles. The van der Waals surface area contributed by atoms with Gasteiger partial charge in [-0.15, -0.1) is 0 Å². The molecule has 1 fully saturated rings. The van der Waals surface area contributed by atoms with E-state index in [4.69, 9.17) is 5.73 Å². The highest BCUT2D eigenvalue weighted by Crippen LogP contribution is 2.18. The number of benzene rings is 1. The van der Waals surface area contributed by atoms with Crippen LogP contribution in [-0.2, 0) is 0 Å². The zero-order chi connectivity index (χ0) is 14.8. The molecule has 1 atom stereocenters. The van der Waals surface area contributed by atoms with Crippen LogP contribution in [0.15, 0.2) is 30.9 Å². The maximum absolute atomic E-state index is 12.5. The third kappa shape index (κ3) is 2.80. The number of nitrogens with two attached hydrogens (primary N) is 1. The maximum atomic E-state index is 12.5. The Morgan fingerprint density at radius 2 is 2.29 bits per heavy atom. The second-order valence-corrected chi connectivity index (χ2v) is 5.49. The molecule has 6 nitrogen and oxygen atoms in total. The Balaban J connectivity index is 1.83. The van der Waals surface area contributed by atoms with Crippen LogP contribution in [0.25, 0.3) is 5.69 Å². The Morgan fingerprint density at radius 1 is 1.43 bits per heavy atom. The lowest BCUT2D eigenvalue weighted by Crippen LogP contribution is -2.45. The summed E-state index contributed by atoms with van der Waals surface area (Å²) in [7, 11) is 0. The predicted octanol–water partition coefficient (Wildman–Crippen LogP) is 1.14. The first kappa shape index (κ1) is 13.8. The van der Waals surface area contributed by atoms with Crippen LogP contribution in [0, 0.1) is 6.92 Å². The highest BCUT2D eigenvalue weighted by molar-refractivity contribution is 5.94. The fraction of sp³-hybridized carbons (Fsp3) is 0.400. The number of carbonyl (C=O) groups is 1. The molecule has 0 radical (unpaired) electrons. The smallest absolute Gasteiger partial charge is 0.253 e. The minimum absolute atomic E-state index is 0.0541. The van der Waals surface area contributed by atoms with E-state index in [1.807, 2.05) is 30.0 Å². The second-order valence-electron chi connectivity index (χ2n) is 5.49. The largest absolute Gasteiger partial charge is 0.337 e. The van der Waals surface area contributed by atoms with E-state index >= 15 is 0 Å². The summed E-state index contributed by atoms with van der Waals surface area (Å²) in [6, 6.07) is 5.74. The summed E-state index contributed by atoms with van der Waals surface area (Å²) >= 11 is 0. The number of likely N-dealkylation sites (tertiary alicyclic amines) is 1. The summed E-state index contributed by atoms with van der Waals surface area (Å²) < 4.78 is 1.69. The number of hydrogen-bond acceptors (Lipinski definition) is 4. The van der Waals surface area contributed by atoms with E-state index in [1.54, 1.807) is 11.0 Å². The number of piperidine rings is 1. The van der Waals surface area contributed by atoms with Crippen LogP contribution in [-0.4, -0.2) is 44.7 Å². The van der Waals surface area contributed by atoms with Gasteiger partial charge in [-0.2, -0.15) is 5.10 Å². The van der Waals surface area contributed by atoms with Gasteiger partial charge in [-0.1, -0.05) is 0 Å². The molecular weight excluding hydrogens is 266 g/mol. The highest BCUT2D eigenvalue weighted by atomic mass is 16.2. The zero-order valence-electron chi connectivity index (χ0n) is 12.1. The van der Waals surface area contributed by atoms with E-state index in [-0.39, 0.29) is 11.9 Å². The van der Waals surface area contributed by atoms with Crippen LogP contribution in [0.3, 0.4) is 0 Å². The predicted molar refractivity (Wildman–Crippen MR) is 79.2 cm³/mol. The average Bonchev–Trinajstić information content (AvgIpc) is 3.00. The quantitative estimate of drug-likeness (QED) is 0.897. The summed E-state index contributed by atoms with van der Waals surface area (Å²) in [5, 5.41) is 4.12. The van der Waals surface area contributed by atoms with E-state index in [9.17, 15) is 4.79 Å². The topological polar surface area (TPSA) is 77.0 Å². The zero-order valence-corrected chi connectivity index (χ0v) is 12.1. The van der Waals surface area contributed by atoms with Gasteiger partial charge in [0.25, 0.3) is 5.91 Å². The van der Waals surface area contributed by atoms with Crippen molar-refractivity contribution >= 4 is 5.91 Å². The molecule has 1 aromatic heterocycles. The third-order valence-corrected chi connectivity index (χ3v) is 3.85. The van der Waals surface area contributed by atoms with Crippen LogP contribution < -0.4 is 5.73 Å². The lowest BCUT2D eigenvalue weighted by atomic mass is 10.0. The van der Waals surface area contributed by atoms with Crippen LogP contribution >= 0.6 is 0 Å². The molecule has 6 heteroatoms. The molecule has 1 aromatic carbocycles. The van der Waals surface area contributed by atoms with Gasteiger partial charge in [-0.3, -0.25) is 4.79 Å². The fourth-order valence-corrected chi connectivity index (χ4v) is 2.76. The van der Waals surface area contributed by atoms with Gasteiger partial charge in [0.05, 0.1) is 5.69 Å². The molecule has 1 unspecified atom stereocenters. The van der Waals surface area contributed by atoms with E-state index in [2.05, 4.69) is 10.1 Å². The van der Waals surface area contributed by atoms with Gasteiger partial charge in [0.2, 0.25) is 0 Å². The fourth-order valence-electron chi connectivity index (χ4n) is 2.76. The number of nitrogens with zero attached hydrogens (tertiary/aromatic N) is 4. The SMILES string of the molecule is Cc1cc(C(=O)N2CCCC(N)C2)ccc1-n1cncn1. The monoisotopic (exact) mass is 285 g/mol. The van der Waals surface area contributed by atoms with E-state index in [1.165, 1.54) is 6.33 Å². The van der Waals surface area contributed by atoms with Crippen molar-refractivity contribution in [3.8, 4) is 5.69 Å². The Labute approximate surface area is 123 Å². The van der Waals surface area contributed by atoms with Gasteiger partial charge in [-0.05, 0) is 43.5 Å². The first-order chi connectivity index (χ1) is 10.1. The van der Waals surface area contributed by atoms with Crippen molar-refractivity contribution in [2.45, 2.75) is 25.8 Å². The molecule has 1 amide bonds. The number of rotatable bonds is 2. The van der Waals surface area contributed by atoms with Gasteiger partial charge in [0.15, 0.2) is 0 Å². The number of hydrogen-bond donors (Lipinski definition) is 1. The summed E-state index contributed by atoms with van der Waals surface area (Å²) in [5.74, 6) is 0.0541. The van der Waals surface area contributed by atoms with Crippen molar-refractivity contribution < 1.29 is 4.79 Å². The van der Waals surface area contributed by atoms with Crippen molar-refractivity contribution in [2.24, 2.45) is 5.73 Å². The standard InChI is InChI=1S/C15H19N5O/c1-11-7-12(4-5-14(11)20-10-17-9-18-20)15(21)19-6-2-3-13(16)8-19/h4-5,7,9-10,13H,2-3,6,8,16H2,1H3. The summed E-state index contributed by atoms with van der Waals surface area (Å²) in [6.45, 7) is 3.40. The highest BCUT2D eigenvalue weighted by Gasteiger charge is 2.22. The van der Waals surface area contributed by atoms with Crippen LogP contribution in [0.2, 0.25) is 0 Å². The molecule has 1 aliphatic heterocycles. The molecule has 3 rings (SSSR count). The molecule has 0 bridgehead atoms. The van der Waals surface area contributed by atoms with Gasteiger partial charge in [-0.25, -0.2) is 9.67 Å². The molecule has 0 spiro atoms. The first-order valence-corrected chi connectivity index (χ1v) is 7.15. The average molecular weight is 285 g/mol. The molecule has 2 aromatic rings. The minimum Gasteiger partial charge on any atom is -0.337 e. The van der Waals surface area contributed by atoms with Crippen LogP contribution in [0.1, 0.15) is 28.8 Å². The molecule has 1 saturated heterocycles. The summed E-state index contributed by atoms with van der Waals surface area (Å²) in [5.41, 5.74) is 8.57. The van der Waals surface area contributed by atoms with Crippen LogP contribution in [0.4, 0.5) is 0 Å². The number of aryl methyl sites for hydroxylation is 1. The lowest BCUT2D eigenvalue weighted by molar-refractivity contribution is 0.0708. The lowest BCUT2D eigenvalue weighted by Gasteiger charge is -2.31. The normalized spacial score (nSPS) is 18.8. The molecule has 1 aliphatic rings. The van der Waals surface area contributed by atoms with Crippen LogP contribution in [0.5, 0.6) is 0 Å². The van der Waals surface area contributed by atoms with Gasteiger partial charge in [0.1, 0.15) is 12.7 Å². The second kappa shape index (κ2) is 5.65. The summed E-state index contributed by atoms with van der Waals surface area (Å²) in [6.07, 6.45) is 5.11. The van der Waals surface area contributed by atoms with Gasteiger partial charge in [0, 0.05) is 24.7 Å². The van der Waals surface area contributed by atoms with E-state index < -0.39 is 0 Å². The first-order valence-electron chi connectivity index (χ1n) is 7.15. The minimum atomic E-state index is 0.0541. The number of aromatic nitrogens is 3. The molecule has 21 heavy (non-hydrogen) atoms. The molecule has 0 saturated carbocycles. The van der Waals surface area contributed by atoms with Crippen molar-refractivity contribution in [3.63, 3.8) is 0 Å². The molecule has 0 aliphatic carbocycles. The van der Waals surface area contributed by atoms with Gasteiger partial charge < -0.3 is 10.6 Å². The molecular formula is C15H19N5O. The van der Waals surface area contributed by atoms with Crippen molar-refractivity contribution in [2.75, 3.05) is 13.1 Å².